The molecule has 0 aromatic heterocycles. The van der Waals surface area contributed by atoms with Crippen LogP contribution in [0.25, 0.3) is 0 Å². The van der Waals surface area contributed by atoms with Crippen molar-refractivity contribution in [2.45, 2.75) is 64.3 Å². The highest BCUT2D eigenvalue weighted by Gasteiger charge is 2.32. The van der Waals surface area contributed by atoms with Crippen molar-refractivity contribution in [3.05, 3.63) is 0 Å². The lowest BCUT2D eigenvalue weighted by Gasteiger charge is -2.36. The average Bonchev–Trinajstić information content (AvgIpc) is 2.07. The summed E-state index contributed by atoms with van der Waals surface area (Å²) in [6.07, 6.45) is 2.30. The van der Waals surface area contributed by atoms with Crippen LogP contribution in [-0.2, 0) is 14.3 Å². The molecule has 1 rings (SSSR count). The van der Waals surface area contributed by atoms with E-state index in [9.17, 15) is 4.79 Å². The quantitative estimate of drug-likeness (QED) is 0.742. The SMILES string of the molecule is COC1CC(NC(C)C(=O)OC(C)(C)C)C1. The molecule has 0 aromatic rings. The molecule has 1 atom stereocenters. The highest BCUT2D eigenvalue weighted by molar-refractivity contribution is 5.75. The van der Waals surface area contributed by atoms with Crippen LogP contribution in [0.15, 0.2) is 0 Å². The zero-order valence-electron chi connectivity index (χ0n) is 10.9. The Morgan fingerprint density at radius 1 is 1.38 bits per heavy atom. The van der Waals surface area contributed by atoms with Crippen molar-refractivity contribution in [3.8, 4) is 0 Å². The molecule has 1 aliphatic carbocycles. The molecular formula is C12H23NO3. The van der Waals surface area contributed by atoms with Crippen LogP contribution >= 0.6 is 0 Å². The van der Waals surface area contributed by atoms with Crippen LogP contribution in [0.3, 0.4) is 0 Å². The lowest BCUT2D eigenvalue weighted by molar-refractivity contribution is -0.157. The maximum absolute atomic E-state index is 11.7. The molecule has 1 unspecified atom stereocenters. The van der Waals surface area contributed by atoms with E-state index in [0.717, 1.165) is 12.8 Å². The Labute approximate surface area is 97.7 Å². The third kappa shape index (κ3) is 4.10. The van der Waals surface area contributed by atoms with E-state index in [1.807, 2.05) is 27.7 Å². The fraction of sp³-hybridized carbons (Fsp3) is 0.917. The Bertz CT molecular complexity index is 241. The van der Waals surface area contributed by atoms with E-state index < -0.39 is 5.60 Å². The van der Waals surface area contributed by atoms with Gasteiger partial charge >= 0.3 is 5.97 Å². The first kappa shape index (κ1) is 13.5. The smallest absolute Gasteiger partial charge is 0.323 e. The average molecular weight is 229 g/mol. The molecule has 1 N–H and O–H groups in total. The van der Waals surface area contributed by atoms with Crippen LogP contribution in [0, 0.1) is 0 Å². The van der Waals surface area contributed by atoms with Crippen LogP contribution in [-0.4, -0.2) is 36.9 Å². The maximum Gasteiger partial charge on any atom is 0.323 e. The summed E-state index contributed by atoms with van der Waals surface area (Å²) < 4.78 is 10.5. The van der Waals surface area contributed by atoms with Gasteiger partial charge in [0.05, 0.1) is 6.10 Å². The largest absolute Gasteiger partial charge is 0.459 e. The summed E-state index contributed by atoms with van der Waals surface area (Å²) >= 11 is 0. The lowest BCUT2D eigenvalue weighted by atomic mass is 9.89. The van der Waals surface area contributed by atoms with Crippen molar-refractivity contribution >= 4 is 5.97 Å². The first-order valence-corrected chi connectivity index (χ1v) is 5.83. The van der Waals surface area contributed by atoms with Crippen LogP contribution in [0.1, 0.15) is 40.5 Å². The minimum Gasteiger partial charge on any atom is -0.459 e. The normalized spacial score (nSPS) is 27.1. The third-order valence-electron chi connectivity index (χ3n) is 2.67. The number of ether oxygens (including phenoxy) is 2. The second kappa shape index (κ2) is 5.15. The van der Waals surface area contributed by atoms with Crippen molar-refractivity contribution in [2.75, 3.05) is 7.11 Å². The van der Waals surface area contributed by atoms with Gasteiger partial charge in [-0.05, 0) is 40.5 Å². The predicted molar refractivity (Wildman–Crippen MR) is 62.3 cm³/mol. The Kier molecular flexibility index (Phi) is 4.33. The fourth-order valence-corrected chi connectivity index (χ4v) is 1.71. The van der Waals surface area contributed by atoms with Gasteiger partial charge in [-0.25, -0.2) is 0 Å². The standard InChI is InChI=1S/C12H23NO3/c1-8(11(14)16-12(2,3)4)13-9-6-10(7-9)15-5/h8-10,13H,6-7H2,1-5H3. The van der Waals surface area contributed by atoms with Gasteiger partial charge in [0.25, 0.3) is 0 Å². The van der Waals surface area contributed by atoms with Crippen molar-refractivity contribution in [2.24, 2.45) is 0 Å². The van der Waals surface area contributed by atoms with Gasteiger partial charge < -0.3 is 14.8 Å². The van der Waals surface area contributed by atoms with Gasteiger partial charge in [-0.1, -0.05) is 0 Å². The molecule has 0 aromatic carbocycles. The van der Waals surface area contributed by atoms with Crippen LogP contribution < -0.4 is 5.32 Å². The summed E-state index contributed by atoms with van der Waals surface area (Å²) in [6.45, 7) is 7.47. The molecule has 94 valence electrons. The lowest BCUT2D eigenvalue weighted by Crippen LogP contribution is -2.51. The molecule has 0 radical (unpaired) electrons. The van der Waals surface area contributed by atoms with E-state index in [0.29, 0.717) is 12.1 Å². The number of carbonyl (C=O) groups is 1. The molecule has 0 spiro atoms. The van der Waals surface area contributed by atoms with E-state index in [2.05, 4.69) is 5.32 Å². The van der Waals surface area contributed by atoms with Crippen molar-refractivity contribution in [1.82, 2.24) is 5.32 Å². The van der Waals surface area contributed by atoms with Gasteiger partial charge in [0.2, 0.25) is 0 Å². The number of esters is 1. The Hall–Kier alpha value is -0.610. The summed E-state index contributed by atoms with van der Waals surface area (Å²) in [6, 6.07) is 0.134. The number of methoxy groups -OCH3 is 1. The molecule has 1 aliphatic rings. The second-order valence-corrected chi connectivity index (χ2v) is 5.45. The first-order valence-electron chi connectivity index (χ1n) is 5.83. The Morgan fingerprint density at radius 3 is 2.38 bits per heavy atom. The fourth-order valence-electron chi connectivity index (χ4n) is 1.71. The van der Waals surface area contributed by atoms with Crippen molar-refractivity contribution < 1.29 is 14.3 Å². The number of hydrogen-bond acceptors (Lipinski definition) is 4. The van der Waals surface area contributed by atoms with Crippen LogP contribution in [0.4, 0.5) is 0 Å². The minimum atomic E-state index is -0.415. The summed E-state index contributed by atoms with van der Waals surface area (Å²) in [5.74, 6) is -0.187. The summed E-state index contributed by atoms with van der Waals surface area (Å²) in [5.41, 5.74) is -0.415. The van der Waals surface area contributed by atoms with E-state index in [1.54, 1.807) is 7.11 Å². The van der Waals surface area contributed by atoms with E-state index in [4.69, 9.17) is 9.47 Å². The number of carbonyl (C=O) groups excluding carboxylic acids is 1. The first-order chi connectivity index (χ1) is 7.31. The number of hydrogen-bond donors (Lipinski definition) is 1. The third-order valence-corrected chi connectivity index (χ3v) is 2.67. The molecule has 0 heterocycles. The van der Waals surface area contributed by atoms with Gasteiger partial charge in [-0.2, -0.15) is 0 Å². The summed E-state index contributed by atoms with van der Waals surface area (Å²) in [5, 5.41) is 3.25. The highest BCUT2D eigenvalue weighted by Crippen LogP contribution is 2.23. The molecule has 16 heavy (non-hydrogen) atoms. The minimum absolute atomic E-state index is 0.187. The van der Waals surface area contributed by atoms with Crippen molar-refractivity contribution in [3.63, 3.8) is 0 Å². The summed E-state index contributed by atoms with van der Waals surface area (Å²) in [7, 11) is 1.72. The Balaban J connectivity index is 2.25. The monoisotopic (exact) mass is 229 g/mol. The van der Waals surface area contributed by atoms with Gasteiger partial charge in [-0.15, -0.1) is 0 Å². The second-order valence-electron chi connectivity index (χ2n) is 5.45. The topological polar surface area (TPSA) is 47.6 Å². The summed E-state index contributed by atoms with van der Waals surface area (Å²) in [4.78, 5) is 11.7. The van der Waals surface area contributed by atoms with E-state index in [1.165, 1.54) is 0 Å². The maximum atomic E-state index is 11.7. The molecule has 0 saturated heterocycles. The van der Waals surface area contributed by atoms with Crippen LogP contribution in [0.5, 0.6) is 0 Å². The molecule has 4 heteroatoms. The van der Waals surface area contributed by atoms with Crippen LogP contribution in [0.2, 0.25) is 0 Å². The van der Waals surface area contributed by atoms with Gasteiger partial charge in [0.1, 0.15) is 11.6 Å². The molecule has 0 bridgehead atoms. The molecule has 1 fully saturated rings. The molecule has 0 aliphatic heterocycles. The molecule has 1 saturated carbocycles. The molecule has 4 nitrogen and oxygen atoms in total. The zero-order valence-corrected chi connectivity index (χ0v) is 10.9. The predicted octanol–water partition coefficient (Wildman–Crippen LogP) is 1.48. The van der Waals surface area contributed by atoms with E-state index in [-0.39, 0.29) is 12.0 Å². The highest BCUT2D eigenvalue weighted by atomic mass is 16.6. The molecule has 0 amide bonds. The van der Waals surface area contributed by atoms with E-state index >= 15 is 0 Å². The van der Waals surface area contributed by atoms with Gasteiger partial charge in [-0.3, -0.25) is 4.79 Å². The Morgan fingerprint density at radius 2 is 1.94 bits per heavy atom. The van der Waals surface area contributed by atoms with Gasteiger partial charge in [0.15, 0.2) is 0 Å². The molecular weight excluding hydrogens is 206 g/mol. The number of nitrogens with one attached hydrogen (secondary N) is 1. The zero-order chi connectivity index (χ0) is 12.3. The van der Waals surface area contributed by atoms with Crippen molar-refractivity contribution in [1.29, 1.82) is 0 Å². The van der Waals surface area contributed by atoms with Gasteiger partial charge in [0, 0.05) is 13.2 Å². The number of rotatable bonds is 4.